The number of piperazine rings is 1. The number of hydrogen-bond donors (Lipinski definition) is 4. The third kappa shape index (κ3) is 1.07. The van der Waals surface area contributed by atoms with Gasteiger partial charge in [-0.3, -0.25) is 9.59 Å². The molecule has 2 atom stereocenters. The van der Waals surface area contributed by atoms with E-state index in [1.807, 2.05) is 10.6 Å². The zero-order valence-corrected chi connectivity index (χ0v) is 4.87. The van der Waals surface area contributed by atoms with E-state index >= 15 is 0 Å². The highest BCUT2D eigenvalue weighted by atomic mass is 16.4. The number of hydrogen-bond acceptors (Lipinski definition) is 4. The summed E-state index contributed by atoms with van der Waals surface area (Å²) in [5.74, 6) is -1.89. The summed E-state index contributed by atoms with van der Waals surface area (Å²) < 4.78 is 0. The van der Waals surface area contributed by atoms with Gasteiger partial charge in [0, 0.05) is 0 Å². The fraction of sp³-hybridized carbons (Fsp3) is 0.500. The number of aliphatic hydroxyl groups excluding tert-OH is 2. The van der Waals surface area contributed by atoms with Gasteiger partial charge in [0.1, 0.15) is 0 Å². The van der Waals surface area contributed by atoms with Crippen molar-refractivity contribution in [1.82, 2.24) is 10.6 Å². The Balaban J connectivity index is 2.63. The molecule has 0 aromatic rings. The fourth-order valence-corrected chi connectivity index (χ4v) is 0.558. The van der Waals surface area contributed by atoms with E-state index in [1.165, 1.54) is 0 Å². The summed E-state index contributed by atoms with van der Waals surface area (Å²) in [6.07, 6.45) is -2.82. The maximum absolute atomic E-state index is 10.4. The zero-order valence-electron chi connectivity index (χ0n) is 4.87. The van der Waals surface area contributed by atoms with Gasteiger partial charge in [-0.05, 0) is 0 Å². The van der Waals surface area contributed by atoms with Crippen molar-refractivity contribution in [3.63, 3.8) is 0 Å². The molecule has 1 aliphatic heterocycles. The zero-order chi connectivity index (χ0) is 7.72. The molecular formula is C4H6N2O4. The normalized spacial score (nSPS) is 33.0. The molecular weight excluding hydrogens is 140 g/mol. The minimum atomic E-state index is -1.41. The smallest absolute Gasteiger partial charge is 0.311 e. The van der Waals surface area contributed by atoms with Crippen molar-refractivity contribution < 1.29 is 19.8 Å². The molecule has 1 saturated heterocycles. The van der Waals surface area contributed by atoms with E-state index in [1.54, 1.807) is 0 Å². The summed E-state index contributed by atoms with van der Waals surface area (Å²) in [6, 6.07) is 0. The van der Waals surface area contributed by atoms with E-state index < -0.39 is 24.3 Å². The van der Waals surface area contributed by atoms with Crippen LogP contribution in [-0.4, -0.2) is 34.5 Å². The van der Waals surface area contributed by atoms with E-state index in [9.17, 15) is 9.59 Å². The lowest BCUT2D eigenvalue weighted by molar-refractivity contribution is -0.152. The van der Waals surface area contributed by atoms with Gasteiger partial charge in [0.15, 0.2) is 12.5 Å². The molecule has 0 saturated carbocycles. The molecule has 0 aromatic heterocycles. The lowest BCUT2D eigenvalue weighted by Gasteiger charge is -2.24. The van der Waals surface area contributed by atoms with Gasteiger partial charge in [-0.2, -0.15) is 0 Å². The van der Waals surface area contributed by atoms with Gasteiger partial charge in [0.2, 0.25) is 0 Å². The molecule has 0 radical (unpaired) electrons. The number of carbonyl (C=O) groups is 2. The van der Waals surface area contributed by atoms with E-state index in [0.29, 0.717) is 0 Å². The predicted octanol–water partition coefficient (Wildman–Crippen LogP) is -3.13. The highest BCUT2D eigenvalue weighted by Gasteiger charge is 2.30. The molecule has 1 aliphatic rings. The Morgan fingerprint density at radius 3 is 1.60 bits per heavy atom. The van der Waals surface area contributed by atoms with Crippen molar-refractivity contribution in [2.24, 2.45) is 0 Å². The van der Waals surface area contributed by atoms with Crippen LogP contribution in [0.1, 0.15) is 0 Å². The number of carbonyl (C=O) groups excluding carboxylic acids is 2. The SMILES string of the molecule is O=C1NC(O)C(O)NC1=O. The Labute approximate surface area is 55.8 Å². The molecule has 0 spiro atoms. The van der Waals surface area contributed by atoms with Crippen LogP contribution >= 0.6 is 0 Å². The van der Waals surface area contributed by atoms with E-state index in [0.717, 1.165) is 0 Å². The first-order valence-electron chi connectivity index (χ1n) is 2.59. The Kier molecular flexibility index (Phi) is 1.56. The molecule has 2 amide bonds. The minimum absolute atomic E-state index is 0.946. The van der Waals surface area contributed by atoms with Crippen LogP contribution in [0.15, 0.2) is 0 Å². The average Bonchev–Trinajstić information content (AvgIpc) is 1.84. The summed E-state index contributed by atoms with van der Waals surface area (Å²) >= 11 is 0. The second-order valence-electron chi connectivity index (χ2n) is 1.84. The molecule has 1 fully saturated rings. The molecule has 1 rings (SSSR count). The molecule has 0 bridgehead atoms. The number of aliphatic hydroxyl groups is 2. The lowest BCUT2D eigenvalue weighted by Crippen LogP contribution is -2.61. The third-order valence-corrected chi connectivity index (χ3v) is 1.06. The summed E-state index contributed by atoms with van der Waals surface area (Å²) in [5.41, 5.74) is 0. The van der Waals surface area contributed by atoms with E-state index in [-0.39, 0.29) is 0 Å². The summed E-state index contributed by atoms with van der Waals surface area (Å²) in [5, 5.41) is 21.0. The summed E-state index contributed by atoms with van der Waals surface area (Å²) in [4.78, 5) is 20.7. The first-order chi connectivity index (χ1) is 4.61. The minimum Gasteiger partial charge on any atom is -0.369 e. The molecule has 0 aliphatic carbocycles. The Hall–Kier alpha value is -1.14. The van der Waals surface area contributed by atoms with Crippen molar-refractivity contribution in [2.75, 3.05) is 0 Å². The third-order valence-electron chi connectivity index (χ3n) is 1.06. The average molecular weight is 146 g/mol. The van der Waals surface area contributed by atoms with Crippen LogP contribution in [0.2, 0.25) is 0 Å². The van der Waals surface area contributed by atoms with Gasteiger partial charge in [-0.25, -0.2) is 0 Å². The number of rotatable bonds is 0. The molecule has 6 nitrogen and oxygen atoms in total. The second-order valence-corrected chi connectivity index (χ2v) is 1.84. The van der Waals surface area contributed by atoms with Crippen LogP contribution in [0.5, 0.6) is 0 Å². The highest BCUT2D eigenvalue weighted by Crippen LogP contribution is 1.91. The highest BCUT2D eigenvalue weighted by molar-refractivity contribution is 6.35. The fourth-order valence-electron chi connectivity index (χ4n) is 0.558. The van der Waals surface area contributed by atoms with Crippen molar-refractivity contribution in [2.45, 2.75) is 12.5 Å². The van der Waals surface area contributed by atoms with E-state index in [4.69, 9.17) is 10.2 Å². The Morgan fingerprint density at radius 1 is 1.00 bits per heavy atom. The molecule has 2 unspecified atom stereocenters. The number of nitrogens with one attached hydrogen (secondary N) is 2. The maximum Gasteiger partial charge on any atom is 0.311 e. The number of amides is 2. The first kappa shape index (κ1) is 6.97. The van der Waals surface area contributed by atoms with Crippen LogP contribution in [0, 0.1) is 0 Å². The van der Waals surface area contributed by atoms with Gasteiger partial charge in [-0.15, -0.1) is 0 Å². The quantitative estimate of drug-likeness (QED) is 0.271. The molecule has 10 heavy (non-hydrogen) atoms. The van der Waals surface area contributed by atoms with Crippen LogP contribution < -0.4 is 10.6 Å². The molecule has 4 N–H and O–H groups in total. The van der Waals surface area contributed by atoms with Crippen molar-refractivity contribution in [3.8, 4) is 0 Å². The monoisotopic (exact) mass is 146 g/mol. The van der Waals surface area contributed by atoms with Gasteiger partial charge in [-0.1, -0.05) is 0 Å². The van der Waals surface area contributed by atoms with E-state index in [2.05, 4.69) is 0 Å². The van der Waals surface area contributed by atoms with Crippen molar-refractivity contribution in [3.05, 3.63) is 0 Å². The van der Waals surface area contributed by atoms with Crippen LogP contribution in [0.4, 0.5) is 0 Å². The first-order valence-corrected chi connectivity index (χ1v) is 2.59. The second kappa shape index (κ2) is 2.24. The Morgan fingerprint density at radius 2 is 1.30 bits per heavy atom. The topological polar surface area (TPSA) is 98.7 Å². The molecule has 56 valence electrons. The lowest BCUT2D eigenvalue weighted by atomic mass is 10.3. The largest absolute Gasteiger partial charge is 0.369 e. The van der Waals surface area contributed by atoms with Gasteiger partial charge in [0.25, 0.3) is 0 Å². The van der Waals surface area contributed by atoms with Crippen LogP contribution in [0.25, 0.3) is 0 Å². The molecule has 1 heterocycles. The predicted molar refractivity (Wildman–Crippen MR) is 28.3 cm³/mol. The van der Waals surface area contributed by atoms with Gasteiger partial charge in [0.05, 0.1) is 0 Å². The standard InChI is InChI=1S/C4H6N2O4/c7-1-2(8)6-4(10)3(9)5-1/h1-2,7-8H,(H,5,9)(H,6,10). The molecule has 6 heteroatoms. The van der Waals surface area contributed by atoms with Crippen molar-refractivity contribution in [1.29, 1.82) is 0 Å². The molecule has 0 aromatic carbocycles. The van der Waals surface area contributed by atoms with Crippen LogP contribution in [-0.2, 0) is 9.59 Å². The van der Waals surface area contributed by atoms with Crippen molar-refractivity contribution >= 4 is 11.8 Å². The van der Waals surface area contributed by atoms with Gasteiger partial charge < -0.3 is 20.8 Å². The summed E-state index contributed by atoms with van der Waals surface area (Å²) in [7, 11) is 0. The van der Waals surface area contributed by atoms with Gasteiger partial charge >= 0.3 is 11.8 Å². The Bertz CT molecular complexity index is 160. The summed E-state index contributed by atoms with van der Waals surface area (Å²) in [6.45, 7) is 0. The maximum atomic E-state index is 10.4. The van der Waals surface area contributed by atoms with Crippen LogP contribution in [0.3, 0.4) is 0 Å².